The molecule has 0 unspecified atom stereocenters. The Labute approximate surface area is 141 Å². The van der Waals surface area contributed by atoms with Crippen molar-refractivity contribution in [2.75, 3.05) is 19.6 Å². The summed E-state index contributed by atoms with van der Waals surface area (Å²) in [7, 11) is 0. The van der Waals surface area contributed by atoms with E-state index in [1.165, 1.54) is 11.4 Å². The summed E-state index contributed by atoms with van der Waals surface area (Å²) in [5, 5.41) is 12.1. The highest BCUT2D eigenvalue weighted by atomic mass is 19.1. The van der Waals surface area contributed by atoms with Gasteiger partial charge in [0.25, 0.3) is 0 Å². The standard InChI is InChI=1S/C18H24FN5/c1-13-10-14(2-3-16(13)19)12-23-7-4-15(5-8-23)18-22-21-17-11-20-6-9-24(17)18/h2-3,10,15,20H,4-9,11-12H2,1H3. The van der Waals surface area contributed by atoms with Gasteiger partial charge < -0.3 is 9.88 Å². The summed E-state index contributed by atoms with van der Waals surface area (Å²) in [4.78, 5) is 2.46. The summed E-state index contributed by atoms with van der Waals surface area (Å²) in [5.74, 6) is 2.63. The molecule has 2 aliphatic rings. The van der Waals surface area contributed by atoms with Gasteiger partial charge in [-0.15, -0.1) is 10.2 Å². The normalized spacial score (nSPS) is 19.4. The van der Waals surface area contributed by atoms with E-state index in [1.807, 2.05) is 19.1 Å². The molecule has 1 N–H and O–H groups in total. The van der Waals surface area contributed by atoms with Gasteiger partial charge in [-0.2, -0.15) is 0 Å². The number of piperidine rings is 1. The summed E-state index contributed by atoms with van der Waals surface area (Å²) in [6.07, 6.45) is 2.23. The summed E-state index contributed by atoms with van der Waals surface area (Å²) in [5.41, 5.74) is 1.92. The van der Waals surface area contributed by atoms with E-state index in [0.717, 1.165) is 63.5 Å². The van der Waals surface area contributed by atoms with Crippen molar-refractivity contribution in [2.45, 2.75) is 45.3 Å². The van der Waals surface area contributed by atoms with Gasteiger partial charge in [-0.05, 0) is 50.0 Å². The van der Waals surface area contributed by atoms with Crippen LogP contribution in [0.2, 0.25) is 0 Å². The van der Waals surface area contributed by atoms with E-state index in [9.17, 15) is 4.39 Å². The van der Waals surface area contributed by atoms with Gasteiger partial charge in [-0.25, -0.2) is 4.39 Å². The maximum absolute atomic E-state index is 13.4. The Morgan fingerprint density at radius 2 is 2.04 bits per heavy atom. The smallest absolute Gasteiger partial charge is 0.147 e. The number of aromatic nitrogens is 3. The number of hydrogen-bond donors (Lipinski definition) is 1. The number of nitrogens with zero attached hydrogens (tertiary/aromatic N) is 4. The molecule has 1 aromatic heterocycles. The quantitative estimate of drug-likeness (QED) is 0.938. The fourth-order valence-corrected chi connectivity index (χ4v) is 3.83. The number of likely N-dealkylation sites (tertiary alicyclic amines) is 1. The van der Waals surface area contributed by atoms with Crippen LogP contribution in [0.5, 0.6) is 0 Å². The molecule has 5 nitrogen and oxygen atoms in total. The molecule has 1 saturated heterocycles. The average Bonchev–Trinajstić information content (AvgIpc) is 3.03. The van der Waals surface area contributed by atoms with E-state index in [4.69, 9.17) is 0 Å². The van der Waals surface area contributed by atoms with E-state index >= 15 is 0 Å². The summed E-state index contributed by atoms with van der Waals surface area (Å²) < 4.78 is 15.7. The van der Waals surface area contributed by atoms with Gasteiger partial charge in [0, 0.05) is 25.6 Å². The van der Waals surface area contributed by atoms with Crippen LogP contribution in [-0.4, -0.2) is 39.3 Å². The Balaban J connectivity index is 1.38. The van der Waals surface area contributed by atoms with Crippen LogP contribution in [0.3, 0.4) is 0 Å². The molecule has 0 spiro atoms. The highest BCUT2D eigenvalue weighted by molar-refractivity contribution is 5.24. The van der Waals surface area contributed by atoms with Gasteiger partial charge in [0.15, 0.2) is 0 Å². The van der Waals surface area contributed by atoms with Crippen LogP contribution in [0, 0.1) is 12.7 Å². The zero-order valence-corrected chi connectivity index (χ0v) is 14.1. The second kappa shape index (κ2) is 6.61. The largest absolute Gasteiger partial charge is 0.312 e. The molecule has 0 radical (unpaired) electrons. The predicted octanol–water partition coefficient (Wildman–Crippen LogP) is 2.21. The molecule has 128 valence electrons. The lowest BCUT2D eigenvalue weighted by Crippen LogP contribution is -2.34. The molecule has 3 heterocycles. The molecule has 0 saturated carbocycles. The molecule has 0 bridgehead atoms. The second-order valence-electron chi connectivity index (χ2n) is 6.94. The molecule has 1 aromatic carbocycles. The van der Waals surface area contributed by atoms with Crippen LogP contribution in [0.15, 0.2) is 18.2 Å². The zero-order chi connectivity index (χ0) is 16.5. The fourth-order valence-electron chi connectivity index (χ4n) is 3.83. The van der Waals surface area contributed by atoms with Crippen molar-refractivity contribution in [3.63, 3.8) is 0 Å². The molecule has 6 heteroatoms. The highest BCUT2D eigenvalue weighted by Crippen LogP contribution is 2.28. The van der Waals surface area contributed by atoms with Crippen molar-refractivity contribution >= 4 is 0 Å². The van der Waals surface area contributed by atoms with Crippen molar-refractivity contribution in [1.82, 2.24) is 25.0 Å². The van der Waals surface area contributed by atoms with Crippen molar-refractivity contribution in [3.8, 4) is 0 Å². The minimum absolute atomic E-state index is 0.122. The van der Waals surface area contributed by atoms with E-state index in [0.29, 0.717) is 5.92 Å². The third-order valence-electron chi connectivity index (χ3n) is 5.23. The van der Waals surface area contributed by atoms with E-state index in [-0.39, 0.29) is 5.82 Å². The molecule has 1 fully saturated rings. The molecule has 2 aromatic rings. The van der Waals surface area contributed by atoms with Crippen molar-refractivity contribution in [3.05, 3.63) is 46.8 Å². The Hall–Kier alpha value is -1.79. The molecular formula is C18H24FN5. The van der Waals surface area contributed by atoms with E-state index in [1.54, 1.807) is 6.07 Å². The van der Waals surface area contributed by atoms with Crippen molar-refractivity contribution in [2.24, 2.45) is 0 Å². The first-order valence-electron chi connectivity index (χ1n) is 8.81. The Morgan fingerprint density at radius 1 is 1.21 bits per heavy atom. The van der Waals surface area contributed by atoms with Crippen molar-refractivity contribution < 1.29 is 4.39 Å². The molecule has 24 heavy (non-hydrogen) atoms. The van der Waals surface area contributed by atoms with Crippen LogP contribution in [0.25, 0.3) is 0 Å². The zero-order valence-electron chi connectivity index (χ0n) is 14.1. The van der Waals surface area contributed by atoms with Gasteiger partial charge in [0.05, 0.1) is 6.54 Å². The number of hydrogen-bond acceptors (Lipinski definition) is 4. The fraction of sp³-hybridized carbons (Fsp3) is 0.556. The lowest BCUT2D eigenvalue weighted by molar-refractivity contribution is 0.199. The molecular weight excluding hydrogens is 305 g/mol. The minimum Gasteiger partial charge on any atom is -0.312 e. The van der Waals surface area contributed by atoms with Crippen LogP contribution in [0.4, 0.5) is 4.39 Å². The van der Waals surface area contributed by atoms with Gasteiger partial charge in [0.2, 0.25) is 0 Å². The van der Waals surface area contributed by atoms with Crippen molar-refractivity contribution in [1.29, 1.82) is 0 Å². The molecule has 0 atom stereocenters. The summed E-state index contributed by atoms with van der Waals surface area (Å²) >= 11 is 0. The molecule has 0 aliphatic carbocycles. The number of aryl methyl sites for hydroxylation is 1. The predicted molar refractivity (Wildman–Crippen MR) is 90.1 cm³/mol. The average molecular weight is 329 g/mol. The summed E-state index contributed by atoms with van der Waals surface area (Å²) in [6, 6.07) is 5.44. The summed E-state index contributed by atoms with van der Waals surface area (Å²) in [6.45, 7) is 7.65. The Bertz CT molecular complexity index is 718. The molecule has 4 rings (SSSR count). The maximum Gasteiger partial charge on any atom is 0.147 e. The highest BCUT2D eigenvalue weighted by Gasteiger charge is 2.26. The maximum atomic E-state index is 13.4. The van der Waals surface area contributed by atoms with Crippen LogP contribution in [0.1, 0.15) is 41.5 Å². The first-order chi connectivity index (χ1) is 11.7. The lowest BCUT2D eigenvalue weighted by Gasteiger charge is -2.32. The third kappa shape index (κ3) is 3.08. The number of nitrogens with one attached hydrogen (secondary N) is 1. The lowest BCUT2D eigenvalue weighted by atomic mass is 9.95. The van der Waals surface area contributed by atoms with Gasteiger partial charge in [-0.1, -0.05) is 12.1 Å². The van der Waals surface area contributed by atoms with Crippen LogP contribution >= 0.6 is 0 Å². The van der Waals surface area contributed by atoms with E-state index < -0.39 is 0 Å². The first-order valence-corrected chi connectivity index (χ1v) is 8.81. The van der Waals surface area contributed by atoms with Crippen LogP contribution < -0.4 is 5.32 Å². The monoisotopic (exact) mass is 329 g/mol. The first kappa shape index (κ1) is 15.7. The van der Waals surface area contributed by atoms with E-state index in [2.05, 4.69) is 25.0 Å². The number of benzene rings is 1. The topological polar surface area (TPSA) is 46.0 Å². The van der Waals surface area contributed by atoms with Gasteiger partial charge in [-0.3, -0.25) is 4.90 Å². The Morgan fingerprint density at radius 3 is 2.83 bits per heavy atom. The van der Waals surface area contributed by atoms with Gasteiger partial charge >= 0.3 is 0 Å². The number of fused-ring (bicyclic) bond motifs is 1. The van der Waals surface area contributed by atoms with Crippen LogP contribution in [-0.2, 0) is 19.6 Å². The SMILES string of the molecule is Cc1cc(CN2CCC(c3nnc4n3CCNC4)CC2)ccc1F. The number of rotatable bonds is 3. The molecule has 0 amide bonds. The third-order valence-corrected chi connectivity index (χ3v) is 5.23. The second-order valence-corrected chi connectivity index (χ2v) is 6.94. The Kier molecular flexibility index (Phi) is 4.33. The minimum atomic E-state index is -0.122. The molecule has 2 aliphatic heterocycles. The number of halogens is 1. The van der Waals surface area contributed by atoms with Gasteiger partial charge in [0.1, 0.15) is 17.5 Å².